The van der Waals surface area contributed by atoms with Gasteiger partial charge < -0.3 is 19.3 Å². The first-order valence-corrected chi connectivity index (χ1v) is 14.1. The molecule has 0 saturated carbocycles. The number of halogens is 8. The number of carbonyl (C=O) groups is 1. The zero-order valence-corrected chi connectivity index (χ0v) is 24.1. The van der Waals surface area contributed by atoms with Crippen LogP contribution in [0.25, 0.3) is 6.08 Å². The van der Waals surface area contributed by atoms with Crippen molar-refractivity contribution in [3.8, 4) is 11.5 Å². The summed E-state index contributed by atoms with van der Waals surface area (Å²) in [6, 6.07) is 9.14. The highest BCUT2D eigenvalue weighted by Gasteiger charge is 2.38. The Morgan fingerprint density at radius 1 is 0.867 bits per heavy atom. The van der Waals surface area contributed by atoms with E-state index in [4.69, 9.17) is 9.47 Å². The van der Waals surface area contributed by atoms with Crippen LogP contribution in [0.3, 0.4) is 0 Å². The largest absolute Gasteiger partial charge is 0.493 e. The zero-order valence-electron chi connectivity index (χ0n) is 23.3. The number of nitrogens with zero attached hydrogens (tertiary/aromatic N) is 3. The third-order valence-electron chi connectivity index (χ3n) is 7.02. The number of thioether (sulfide) groups is 1. The van der Waals surface area contributed by atoms with Gasteiger partial charge in [0.2, 0.25) is 0 Å². The summed E-state index contributed by atoms with van der Waals surface area (Å²) in [6.07, 6.45) is -8.43. The summed E-state index contributed by atoms with van der Waals surface area (Å²) in [6.45, 7) is 1.04. The Morgan fingerprint density at radius 3 is 2.22 bits per heavy atom. The highest BCUT2D eigenvalue weighted by Crippen LogP contribution is 2.39. The first-order valence-electron chi connectivity index (χ1n) is 13.3. The van der Waals surface area contributed by atoms with Gasteiger partial charge >= 0.3 is 12.4 Å². The molecule has 1 amide bonds. The minimum Gasteiger partial charge on any atom is -0.493 e. The summed E-state index contributed by atoms with van der Waals surface area (Å²) < 4.78 is 118. The molecule has 1 fully saturated rings. The quantitative estimate of drug-likeness (QED) is 0.204. The average Bonchev–Trinajstić information content (AvgIpc) is 3.35. The Labute approximate surface area is 255 Å². The van der Waals surface area contributed by atoms with Gasteiger partial charge in [-0.1, -0.05) is 12.1 Å². The van der Waals surface area contributed by atoms with Crippen molar-refractivity contribution in [2.24, 2.45) is 4.99 Å². The van der Waals surface area contributed by atoms with Gasteiger partial charge in [-0.3, -0.25) is 4.79 Å². The van der Waals surface area contributed by atoms with Crippen LogP contribution in [0.15, 0.2) is 64.5 Å². The molecule has 0 spiro atoms. The lowest BCUT2D eigenvalue weighted by molar-refractivity contribution is -0.143. The zero-order chi connectivity index (χ0) is 32.5. The van der Waals surface area contributed by atoms with Crippen molar-refractivity contribution in [2.45, 2.75) is 19.0 Å². The van der Waals surface area contributed by atoms with E-state index in [1.165, 1.54) is 37.4 Å². The third-order valence-corrected chi connectivity index (χ3v) is 8.07. The summed E-state index contributed by atoms with van der Waals surface area (Å²) in [5, 5.41) is 0.467. The van der Waals surface area contributed by atoms with Crippen LogP contribution in [0.5, 0.6) is 11.5 Å². The van der Waals surface area contributed by atoms with E-state index in [9.17, 15) is 39.9 Å². The Hall–Kier alpha value is -4.27. The fourth-order valence-corrected chi connectivity index (χ4v) is 5.72. The van der Waals surface area contributed by atoms with Gasteiger partial charge in [0.25, 0.3) is 5.91 Å². The van der Waals surface area contributed by atoms with Gasteiger partial charge in [0.05, 0.1) is 28.8 Å². The lowest BCUT2D eigenvalue weighted by atomic mass is 10.0. The fourth-order valence-electron chi connectivity index (χ4n) is 4.75. The van der Waals surface area contributed by atoms with E-state index < -0.39 is 53.2 Å². The molecular formula is C30H23F8N3O3S. The molecule has 0 N–H and O–H groups in total. The number of benzene rings is 3. The highest BCUT2D eigenvalue weighted by atomic mass is 32.2. The van der Waals surface area contributed by atoms with Crippen LogP contribution in [-0.4, -0.2) is 49.3 Å². The maximum atomic E-state index is 14.2. The van der Waals surface area contributed by atoms with Crippen LogP contribution in [-0.2, 0) is 23.8 Å². The first kappa shape index (κ1) is 32.1. The van der Waals surface area contributed by atoms with Gasteiger partial charge in [-0.15, -0.1) is 0 Å². The van der Waals surface area contributed by atoms with E-state index >= 15 is 0 Å². The van der Waals surface area contributed by atoms with Gasteiger partial charge in [-0.2, -0.15) is 31.3 Å². The maximum Gasteiger partial charge on any atom is 0.416 e. The summed E-state index contributed by atoms with van der Waals surface area (Å²) >= 11 is 1.14. The Balaban J connectivity index is 1.24. The molecule has 15 heteroatoms. The van der Waals surface area contributed by atoms with Crippen molar-refractivity contribution in [3.63, 3.8) is 0 Å². The number of ether oxygens (including phenoxy) is 2. The van der Waals surface area contributed by atoms with Crippen LogP contribution >= 0.6 is 11.8 Å². The van der Waals surface area contributed by atoms with Gasteiger partial charge in [-0.25, -0.2) is 8.78 Å². The van der Waals surface area contributed by atoms with Crippen molar-refractivity contribution in [2.75, 3.05) is 38.2 Å². The SMILES string of the molecule is COc1cc(/C=C2/SC(N3CCN(c4ccc(F)cc4F)CC3)=NC2=O)ccc1OCc1ccc(C(F)(F)F)cc1C(F)(F)F. The molecule has 2 heterocycles. The number of hydrogen-bond donors (Lipinski definition) is 0. The number of hydrogen-bond acceptors (Lipinski definition) is 6. The topological polar surface area (TPSA) is 54.4 Å². The summed E-state index contributed by atoms with van der Waals surface area (Å²) in [5.41, 5.74) is -2.61. The number of anilines is 1. The van der Waals surface area contributed by atoms with E-state index in [0.29, 0.717) is 47.9 Å². The molecule has 2 aliphatic rings. The highest BCUT2D eigenvalue weighted by molar-refractivity contribution is 8.18. The summed E-state index contributed by atoms with van der Waals surface area (Å²) in [7, 11) is 1.30. The number of alkyl halides is 6. The Morgan fingerprint density at radius 2 is 1.58 bits per heavy atom. The number of carbonyl (C=O) groups excluding carboxylic acids is 1. The normalized spacial score (nSPS) is 16.8. The fraction of sp³-hybridized carbons (Fsp3) is 0.267. The standard InChI is InChI=1S/C30H23F8N3O3S/c1-43-25-12-17(2-7-24(25)44-16-18-3-4-19(29(33,34)35)14-21(18)30(36,37)38)13-26-27(42)39-28(45-26)41-10-8-40(9-11-41)23-6-5-20(31)15-22(23)32/h2-7,12-15H,8-11,16H2,1H3/b26-13+. The predicted molar refractivity (Wildman–Crippen MR) is 152 cm³/mol. The average molecular weight is 658 g/mol. The second-order valence-corrected chi connectivity index (χ2v) is 11.0. The molecular weight excluding hydrogens is 634 g/mol. The van der Waals surface area contributed by atoms with Gasteiger partial charge in [0, 0.05) is 37.8 Å². The number of piperazine rings is 1. The van der Waals surface area contributed by atoms with Crippen LogP contribution < -0.4 is 14.4 Å². The Kier molecular flexibility index (Phi) is 9.01. The van der Waals surface area contributed by atoms with Gasteiger partial charge in [0.15, 0.2) is 16.7 Å². The van der Waals surface area contributed by atoms with Crippen molar-refractivity contribution < 1.29 is 49.4 Å². The lowest BCUT2D eigenvalue weighted by Gasteiger charge is -2.36. The molecule has 5 rings (SSSR count). The van der Waals surface area contributed by atoms with Crippen LogP contribution in [0.4, 0.5) is 40.8 Å². The van der Waals surface area contributed by atoms with Crippen molar-refractivity contribution in [1.29, 1.82) is 0 Å². The number of amides is 1. The van der Waals surface area contributed by atoms with E-state index in [1.54, 1.807) is 11.0 Å². The number of aliphatic imine (C=N–C) groups is 1. The lowest BCUT2D eigenvalue weighted by Crippen LogP contribution is -2.48. The molecule has 238 valence electrons. The smallest absolute Gasteiger partial charge is 0.416 e. The van der Waals surface area contributed by atoms with Crippen LogP contribution in [0, 0.1) is 11.6 Å². The minimum absolute atomic E-state index is 0.0328. The van der Waals surface area contributed by atoms with E-state index in [0.717, 1.165) is 23.9 Å². The molecule has 6 nitrogen and oxygen atoms in total. The molecule has 45 heavy (non-hydrogen) atoms. The van der Waals surface area contributed by atoms with Crippen LogP contribution in [0.1, 0.15) is 22.3 Å². The van der Waals surface area contributed by atoms with Crippen LogP contribution in [0.2, 0.25) is 0 Å². The molecule has 1 saturated heterocycles. The van der Waals surface area contributed by atoms with Crippen molar-refractivity contribution in [1.82, 2.24) is 4.90 Å². The number of rotatable bonds is 6. The second kappa shape index (κ2) is 12.6. The van der Waals surface area contributed by atoms with E-state index in [2.05, 4.69) is 4.99 Å². The maximum absolute atomic E-state index is 14.2. The second-order valence-electron chi connectivity index (χ2n) is 9.95. The third kappa shape index (κ3) is 7.35. The predicted octanol–water partition coefficient (Wildman–Crippen LogP) is 7.38. The molecule has 0 aliphatic carbocycles. The monoisotopic (exact) mass is 657 g/mol. The molecule has 3 aromatic carbocycles. The van der Waals surface area contributed by atoms with E-state index in [-0.39, 0.29) is 23.3 Å². The number of methoxy groups -OCH3 is 1. The molecule has 0 unspecified atom stereocenters. The van der Waals surface area contributed by atoms with Gasteiger partial charge in [-0.05, 0) is 59.8 Å². The van der Waals surface area contributed by atoms with Crippen molar-refractivity contribution in [3.05, 3.63) is 93.4 Å². The molecule has 2 aliphatic heterocycles. The summed E-state index contributed by atoms with van der Waals surface area (Å²) in [4.78, 5) is 20.7. The Bertz CT molecular complexity index is 1670. The molecule has 0 radical (unpaired) electrons. The number of amidine groups is 1. The molecule has 0 atom stereocenters. The van der Waals surface area contributed by atoms with Gasteiger partial charge in [0.1, 0.15) is 18.2 Å². The van der Waals surface area contributed by atoms with E-state index in [1.807, 2.05) is 4.90 Å². The van der Waals surface area contributed by atoms with Crippen molar-refractivity contribution >= 4 is 34.6 Å². The molecule has 3 aromatic rings. The summed E-state index contributed by atoms with van der Waals surface area (Å²) in [5.74, 6) is -1.66. The molecule has 0 aromatic heterocycles. The molecule has 0 bridgehead atoms. The minimum atomic E-state index is -5.04. The first-order chi connectivity index (χ1) is 21.2.